The van der Waals surface area contributed by atoms with E-state index in [2.05, 4.69) is 25.6 Å². The number of para-hydroxylation sites is 1. The highest BCUT2D eigenvalue weighted by Gasteiger charge is 2.08. The summed E-state index contributed by atoms with van der Waals surface area (Å²) < 4.78 is 0. The summed E-state index contributed by atoms with van der Waals surface area (Å²) in [5, 5.41) is 7.19. The molecule has 0 spiro atoms. The van der Waals surface area contributed by atoms with Gasteiger partial charge in [-0.2, -0.15) is 0 Å². The van der Waals surface area contributed by atoms with E-state index in [1.54, 1.807) is 30.9 Å². The molecule has 1 amide bonds. The average Bonchev–Trinajstić information content (AvgIpc) is 2.73. The number of hydrogen-bond acceptors (Lipinski definition) is 5. The molecule has 2 N–H and O–H groups in total. The second kappa shape index (κ2) is 7.61. The molecular weight excluding hydrogens is 338 g/mol. The molecule has 0 fully saturated rings. The molecule has 132 valence electrons. The van der Waals surface area contributed by atoms with Crippen LogP contribution in [0.5, 0.6) is 0 Å². The van der Waals surface area contributed by atoms with Crippen molar-refractivity contribution < 1.29 is 4.79 Å². The molecule has 3 aromatic heterocycles. The van der Waals surface area contributed by atoms with Crippen LogP contribution in [-0.2, 0) is 6.54 Å². The molecule has 0 radical (unpaired) electrons. The number of carbonyl (C=O) groups excluding carboxylic acids is 1. The van der Waals surface area contributed by atoms with Crippen LogP contribution in [-0.4, -0.2) is 20.9 Å². The highest BCUT2D eigenvalue weighted by atomic mass is 16.1. The number of fused-ring (bicyclic) bond motifs is 1. The first-order valence-corrected chi connectivity index (χ1v) is 8.53. The summed E-state index contributed by atoms with van der Waals surface area (Å²) in [7, 11) is 0. The Kier molecular flexibility index (Phi) is 4.70. The van der Waals surface area contributed by atoms with Crippen molar-refractivity contribution in [3.8, 4) is 0 Å². The van der Waals surface area contributed by atoms with Gasteiger partial charge in [0.2, 0.25) is 0 Å². The second-order valence-electron chi connectivity index (χ2n) is 5.97. The van der Waals surface area contributed by atoms with Gasteiger partial charge >= 0.3 is 0 Å². The molecule has 27 heavy (non-hydrogen) atoms. The monoisotopic (exact) mass is 355 g/mol. The van der Waals surface area contributed by atoms with Crippen molar-refractivity contribution in [1.29, 1.82) is 0 Å². The molecule has 0 saturated heterocycles. The largest absolute Gasteiger partial charge is 0.352 e. The molecule has 0 aliphatic rings. The van der Waals surface area contributed by atoms with Gasteiger partial charge in [0.1, 0.15) is 0 Å². The number of anilines is 2. The first-order chi connectivity index (χ1) is 13.3. The maximum Gasteiger partial charge on any atom is 0.253 e. The Hall–Kier alpha value is -3.80. The third-order valence-corrected chi connectivity index (χ3v) is 4.07. The van der Waals surface area contributed by atoms with Gasteiger partial charge in [0.15, 0.2) is 0 Å². The Morgan fingerprint density at radius 3 is 2.70 bits per heavy atom. The Labute approximate surface area is 156 Å². The Bertz CT molecular complexity index is 1080. The minimum absolute atomic E-state index is 0.201. The van der Waals surface area contributed by atoms with Gasteiger partial charge in [0, 0.05) is 24.0 Å². The molecular formula is C21H17N5O. The molecule has 0 aliphatic carbocycles. The third-order valence-electron chi connectivity index (χ3n) is 4.07. The van der Waals surface area contributed by atoms with Crippen molar-refractivity contribution >= 4 is 28.2 Å². The van der Waals surface area contributed by atoms with Crippen LogP contribution in [0.25, 0.3) is 10.9 Å². The Morgan fingerprint density at radius 2 is 1.81 bits per heavy atom. The number of benzene rings is 1. The van der Waals surface area contributed by atoms with Gasteiger partial charge in [-0.1, -0.05) is 24.3 Å². The third kappa shape index (κ3) is 3.90. The molecule has 0 saturated carbocycles. The number of pyridine rings is 3. The number of amides is 1. The molecule has 6 heteroatoms. The van der Waals surface area contributed by atoms with Crippen molar-refractivity contribution in [2.45, 2.75) is 6.54 Å². The molecule has 0 atom stereocenters. The summed E-state index contributed by atoms with van der Waals surface area (Å²) in [5.74, 6) is -0.201. The van der Waals surface area contributed by atoms with Gasteiger partial charge in [-0.05, 0) is 30.3 Å². The molecule has 0 bridgehead atoms. The van der Waals surface area contributed by atoms with Crippen molar-refractivity contribution in [1.82, 2.24) is 20.3 Å². The van der Waals surface area contributed by atoms with Crippen LogP contribution in [0.15, 0.2) is 79.4 Å². The summed E-state index contributed by atoms with van der Waals surface area (Å²) in [6.07, 6.45) is 6.68. The molecule has 0 unspecified atom stereocenters. The zero-order chi connectivity index (χ0) is 18.5. The number of aromatic nitrogens is 3. The maximum atomic E-state index is 12.4. The van der Waals surface area contributed by atoms with Crippen LogP contribution in [0.4, 0.5) is 11.4 Å². The summed E-state index contributed by atoms with van der Waals surface area (Å²) in [6, 6.07) is 17.2. The second-order valence-corrected chi connectivity index (χ2v) is 5.97. The predicted molar refractivity (Wildman–Crippen MR) is 105 cm³/mol. The van der Waals surface area contributed by atoms with Crippen molar-refractivity contribution in [3.05, 3.63) is 90.6 Å². The van der Waals surface area contributed by atoms with Crippen molar-refractivity contribution in [2.24, 2.45) is 0 Å². The van der Waals surface area contributed by atoms with E-state index in [0.29, 0.717) is 12.1 Å². The number of hydrogen-bond donors (Lipinski definition) is 2. The molecule has 6 nitrogen and oxygen atoms in total. The Balaban J connectivity index is 1.51. The fraction of sp³-hybridized carbons (Fsp3) is 0.0476. The fourth-order valence-electron chi connectivity index (χ4n) is 2.77. The van der Waals surface area contributed by atoms with E-state index >= 15 is 0 Å². The molecule has 4 aromatic rings. The predicted octanol–water partition coefficient (Wildman–Crippen LogP) is 3.70. The molecule has 3 heterocycles. The van der Waals surface area contributed by atoms with E-state index < -0.39 is 0 Å². The van der Waals surface area contributed by atoms with Gasteiger partial charge in [0.25, 0.3) is 5.91 Å². The zero-order valence-electron chi connectivity index (χ0n) is 14.5. The van der Waals surface area contributed by atoms with E-state index in [-0.39, 0.29) is 5.91 Å². The minimum atomic E-state index is -0.201. The minimum Gasteiger partial charge on any atom is -0.352 e. The lowest BCUT2D eigenvalue weighted by atomic mass is 10.2. The van der Waals surface area contributed by atoms with E-state index in [1.807, 2.05) is 48.5 Å². The first-order valence-electron chi connectivity index (χ1n) is 8.53. The smallest absolute Gasteiger partial charge is 0.253 e. The van der Waals surface area contributed by atoms with Crippen LogP contribution in [0.1, 0.15) is 16.1 Å². The van der Waals surface area contributed by atoms with E-state index in [9.17, 15) is 4.79 Å². The number of rotatable bonds is 5. The van der Waals surface area contributed by atoms with E-state index in [0.717, 1.165) is 28.0 Å². The number of carbonyl (C=O) groups is 1. The lowest BCUT2D eigenvalue weighted by molar-refractivity contribution is 0.0950. The van der Waals surface area contributed by atoms with Crippen LogP contribution >= 0.6 is 0 Å². The lowest BCUT2D eigenvalue weighted by Crippen LogP contribution is -2.23. The van der Waals surface area contributed by atoms with E-state index in [1.165, 1.54) is 0 Å². The Morgan fingerprint density at radius 1 is 0.926 bits per heavy atom. The molecule has 0 aliphatic heterocycles. The highest BCUT2D eigenvalue weighted by molar-refractivity contribution is 5.96. The van der Waals surface area contributed by atoms with Gasteiger partial charge in [-0.25, -0.2) is 0 Å². The molecule has 1 aromatic carbocycles. The van der Waals surface area contributed by atoms with Gasteiger partial charge in [-0.15, -0.1) is 0 Å². The number of nitrogens with zero attached hydrogens (tertiary/aromatic N) is 3. The van der Waals surface area contributed by atoms with Crippen LogP contribution in [0, 0.1) is 0 Å². The number of nitrogens with one attached hydrogen (secondary N) is 2. The van der Waals surface area contributed by atoms with Crippen molar-refractivity contribution in [2.75, 3.05) is 5.32 Å². The standard InChI is InChI=1S/C21H17N5O/c27-21(25-14-17-7-1-2-9-23-17)16-11-18(13-22-12-16)26-19-8-3-5-15-6-4-10-24-20(15)19/h1-13,26H,14H2,(H,25,27). The summed E-state index contributed by atoms with van der Waals surface area (Å²) in [5.41, 5.74) is 3.73. The quantitative estimate of drug-likeness (QED) is 0.571. The average molecular weight is 355 g/mol. The van der Waals surface area contributed by atoms with Crippen LogP contribution < -0.4 is 10.6 Å². The zero-order valence-corrected chi connectivity index (χ0v) is 14.5. The van der Waals surface area contributed by atoms with Gasteiger partial charge < -0.3 is 10.6 Å². The van der Waals surface area contributed by atoms with Crippen LogP contribution in [0.2, 0.25) is 0 Å². The first kappa shape index (κ1) is 16.7. The summed E-state index contributed by atoms with van der Waals surface area (Å²) >= 11 is 0. The lowest BCUT2D eigenvalue weighted by Gasteiger charge is -2.10. The normalized spacial score (nSPS) is 10.5. The summed E-state index contributed by atoms with van der Waals surface area (Å²) in [6.45, 7) is 0.366. The van der Waals surface area contributed by atoms with Crippen LogP contribution in [0.3, 0.4) is 0 Å². The van der Waals surface area contributed by atoms with Gasteiger partial charge in [-0.3, -0.25) is 19.7 Å². The SMILES string of the molecule is O=C(NCc1ccccn1)c1cncc(Nc2cccc3cccnc23)c1. The summed E-state index contributed by atoms with van der Waals surface area (Å²) in [4.78, 5) is 25.2. The highest BCUT2D eigenvalue weighted by Crippen LogP contribution is 2.24. The topological polar surface area (TPSA) is 79.8 Å². The fourth-order valence-corrected chi connectivity index (χ4v) is 2.77. The van der Waals surface area contributed by atoms with Crippen molar-refractivity contribution in [3.63, 3.8) is 0 Å². The maximum absolute atomic E-state index is 12.4. The van der Waals surface area contributed by atoms with Gasteiger partial charge in [0.05, 0.1) is 40.9 Å². The molecule has 4 rings (SSSR count). The van der Waals surface area contributed by atoms with E-state index in [4.69, 9.17) is 0 Å².